The number of halogens is 3. The quantitative estimate of drug-likeness (QED) is 0.841. The Bertz CT molecular complexity index is 578. The summed E-state index contributed by atoms with van der Waals surface area (Å²) in [6.07, 6.45) is -3.10. The number of hydrogen-bond donors (Lipinski definition) is 1. The molecule has 3 rings (SSSR count). The molecule has 1 aromatic rings. The number of likely N-dealkylation sites (tertiary alicyclic amines) is 1. The molecule has 0 aliphatic carbocycles. The van der Waals surface area contributed by atoms with Gasteiger partial charge in [0.2, 0.25) is 0 Å². The molecule has 0 atom stereocenters. The molecule has 2 aliphatic heterocycles. The average Bonchev–Trinajstić information content (AvgIpc) is 2.95. The van der Waals surface area contributed by atoms with Crippen molar-refractivity contribution in [3.63, 3.8) is 0 Å². The van der Waals surface area contributed by atoms with Crippen LogP contribution in [-0.2, 0) is 10.9 Å². The topological polar surface area (TPSA) is 41.6 Å². The van der Waals surface area contributed by atoms with Gasteiger partial charge in [0.1, 0.15) is 4.93 Å². The van der Waals surface area contributed by atoms with Crippen LogP contribution < -0.4 is 5.32 Å². The number of anilines is 1. The third-order valence-electron chi connectivity index (χ3n) is 4.10. The first-order chi connectivity index (χ1) is 10.9. The summed E-state index contributed by atoms with van der Waals surface area (Å²) in [5, 5.41) is 2.39. The number of urea groups is 1. The minimum Gasteiger partial charge on any atom is -0.363 e. The molecule has 8 heteroatoms. The fraction of sp³-hybridized carbons (Fsp3) is 0.533. The molecule has 0 unspecified atom stereocenters. The van der Waals surface area contributed by atoms with E-state index >= 15 is 0 Å². The van der Waals surface area contributed by atoms with Gasteiger partial charge in [-0.15, -0.1) is 11.8 Å². The van der Waals surface area contributed by atoms with Crippen LogP contribution in [0.2, 0.25) is 0 Å². The highest BCUT2D eigenvalue weighted by atomic mass is 32.2. The lowest BCUT2D eigenvalue weighted by molar-refractivity contribution is -0.136. The molecule has 0 saturated carbocycles. The van der Waals surface area contributed by atoms with Gasteiger partial charge in [-0.1, -0.05) is 12.1 Å². The minimum atomic E-state index is -4.50. The Labute approximate surface area is 136 Å². The lowest BCUT2D eigenvalue weighted by Crippen LogP contribution is -2.46. The number of thioether (sulfide) groups is 1. The third-order valence-corrected chi connectivity index (χ3v) is 5.52. The molecule has 1 N–H and O–H groups in total. The van der Waals surface area contributed by atoms with Crippen molar-refractivity contribution < 1.29 is 22.7 Å². The number of nitrogens with one attached hydrogen (secondary N) is 1. The molecule has 126 valence electrons. The number of para-hydroxylation sites is 1. The number of nitrogens with zero attached hydrogens (tertiary/aromatic N) is 1. The van der Waals surface area contributed by atoms with E-state index in [2.05, 4.69) is 5.32 Å². The molecule has 2 aliphatic rings. The molecule has 23 heavy (non-hydrogen) atoms. The van der Waals surface area contributed by atoms with Crippen molar-refractivity contribution in [2.45, 2.75) is 24.0 Å². The van der Waals surface area contributed by atoms with E-state index < -0.39 is 17.8 Å². The standard InChI is InChI=1S/C15H17F3N2O2S/c16-15(17,18)11-3-1-2-4-12(11)19-13(21)20-7-5-14(6-8-20)22-9-10-23-14/h1-4H,5-10H2,(H,19,21). The van der Waals surface area contributed by atoms with E-state index in [4.69, 9.17) is 4.74 Å². The summed E-state index contributed by atoms with van der Waals surface area (Å²) in [4.78, 5) is 13.6. The van der Waals surface area contributed by atoms with Crippen molar-refractivity contribution in [3.8, 4) is 0 Å². The van der Waals surface area contributed by atoms with Crippen molar-refractivity contribution in [2.75, 3.05) is 30.8 Å². The van der Waals surface area contributed by atoms with Gasteiger partial charge < -0.3 is 15.0 Å². The molecular formula is C15H17F3N2O2S. The highest BCUT2D eigenvalue weighted by Crippen LogP contribution is 2.41. The molecule has 4 nitrogen and oxygen atoms in total. The third kappa shape index (κ3) is 3.58. The average molecular weight is 346 g/mol. The van der Waals surface area contributed by atoms with E-state index in [1.807, 2.05) is 0 Å². The Kier molecular flexibility index (Phi) is 4.46. The van der Waals surface area contributed by atoms with Crippen LogP contribution in [0, 0.1) is 0 Å². The lowest BCUT2D eigenvalue weighted by atomic mass is 10.1. The molecule has 0 radical (unpaired) electrons. The van der Waals surface area contributed by atoms with Crippen LogP contribution in [0.25, 0.3) is 0 Å². The van der Waals surface area contributed by atoms with E-state index in [1.165, 1.54) is 18.2 Å². The predicted octanol–water partition coefficient (Wildman–Crippen LogP) is 3.79. The maximum absolute atomic E-state index is 13.0. The van der Waals surface area contributed by atoms with Crippen LogP contribution >= 0.6 is 11.8 Å². The van der Waals surface area contributed by atoms with E-state index in [-0.39, 0.29) is 10.6 Å². The summed E-state index contributed by atoms with van der Waals surface area (Å²) in [6.45, 7) is 1.68. The summed E-state index contributed by atoms with van der Waals surface area (Å²) in [6, 6.07) is 4.50. The molecule has 2 heterocycles. The van der Waals surface area contributed by atoms with Gasteiger partial charge in [-0.3, -0.25) is 0 Å². The van der Waals surface area contributed by atoms with Crippen LogP contribution in [0.15, 0.2) is 24.3 Å². The number of hydrogen-bond acceptors (Lipinski definition) is 3. The molecule has 1 aromatic carbocycles. The van der Waals surface area contributed by atoms with Gasteiger partial charge in [-0.25, -0.2) is 4.79 Å². The number of piperidine rings is 1. The van der Waals surface area contributed by atoms with E-state index in [1.54, 1.807) is 16.7 Å². The number of carbonyl (C=O) groups excluding carboxylic acids is 1. The number of rotatable bonds is 1. The highest BCUT2D eigenvalue weighted by Gasteiger charge is 2.40. The first-order valence-corrected chi connectivity index (χ1v) is 8.38. The Balaban J connectivity index is 1.64. The first-order valence-electron chi connectivity index (χ1n) is 7.40. The van der Waals surface area contributed by atoms with Crippen LogP contribution in [0.3, 0.4) is 0 Å². The second-order valence-corrected chi connectivity index (χ2v) is 7.01. The van der Waals surface area contributed by atoms with Gasteiger partial charge in [-0.2, -0.15) is 13.2 Å². The van der Waals surface area contributed by atoms with Gasteiger partial charge in [0, 0.05) is 31.7 Å². The molecular weight excluding hydrogens is 329 g/mol. The largest absolute Gasteiger partial charge is 0.418 e. The number of benzene rings is 1. The maximum Gasteiger partial charge on any atom is 0.418 e. The smallest absolute Gasteiger partial charge is 0.363 e. The van der Waals surface area contributed by atoms with E-state index in [0.717, 1.165) is 18.4 Å². The molecule has 2 saturated heterocycles. The summed E-state index contributed by atoms with van der Waals surface area (Å²) in [5.74, 6) is 0.950. The summed E-state index contributed by atoms with van der Waals surface area (Å²) in [7, 11) is 0. The monoisotopic (exact) mass is 346 g/mol. The molecule has 1 spiro atoms. The van der Waals surface area contributed by atoms with Crippen LogP contribution in [0.4, 0.5) is 23.7 Å². The van der Waals surface area contributed by atoms with Crippen LogP contribution in [-0.4, -0.2) is 41.3 Å². The molecule has 2 fully saturated rings. The number of ether oxygens (including phenoxy) is 1. The zero-order valence-corrected chi connectivity index (χ0v) is 13.2. The molecule has 0 aromatic heterocycles. The van der Waals surface area contributed by atoms with Crippen molar-refractivity contribution in [1.29, 1.82) is 0 Å². The zero-order chi connectivity index (χ0) is 16.5. The zero-order valence-electron chi connectivity index (χ0n) is 12.4. The van der Waals surface area contributed by atoms with Gasteiger partial charge in [-0.05, 0) is 12.1 Å². The Morgan fingerprint density at radius 3 is 2.57 bits per heavy atom. The SMILES string of the molecule is O=C(Nc1ccccc1C(F)(F)F)N1CCC2(CC1)OCCS2. The second kappa shape index (κ2) is 6.24. The summed E-state index contributed by atoms with van der Waals surface area (Å²) < 4.78 is 44.6. The summed E-state index contributed by atoms with van der Waals surface area (Å²) in [5.41, 5.74) is -1.05. The number of alkyl halides is 3. The summed E-state index contributed by atoms with van der Waals surface area (Å²) >= 11 is 1.76. The van der Waals surface area contributed by atoms with Gasteiger partial charge >= 0.3 is 12.2 Å². The van der Waals surface area contributed by atoms with Gasteiger partial charge in [0.25, 0.3) is 0 Å². The van der Waals surface area contributed by atoms with Gasteiger partial charge in [0.05, 0.1) is 17.9 Å². The fourth-order valence-corrected chi connectivity index (χ4v) is 4.05. The van der Waals surface area contributed by atoms with Gasteiger partial charge in [0.15, 0.2) is 0 Å². The Hall–Kier alpha value is -1.41. The fourth-order valence-electron chi connectivity index (χ4n) is 2.87. The normalized spacial score (nSPS) is 20.7. The number of amides is 2. The first kappa shape index (κ1) is 16.4. The minimum absolute atomic E-state index is 0.208. The van der Waals surface area contributed by atoms with Crippen LogP contribution in [0.1, 0.15) is 18.4 Å². The number of carbonyl (C=O) groups is 1. The van der Waals surface area contributed by atoms with Crippen molar-refractivity contribution in [3.05, 3.63) is 29.8 Å². The predicted molar refractivity (Wildman–Crippen MR) is 82.4 cm³/mol. The van der Waals surface area contributed by atoms with Crippen molar-refractivity contribution in [1.82, 2.24) is 4.90 Å². The maximum atomic E-state index is 13.0. The van der Waals surface area contributed by atoms with Crippen molar-refractivity contribution >= 4 is 23.5 Å². The lowest BCUT2D eigenvalue weighted by Gasteiger charge is -2.37. The highest BCUT2D eigenvalue weighted by molar-refractivity contribution is 8.00. The van der Waals surface area contributed by atoms with Crippen molar-refractivity contribution in [2.24, 2.45) is 0 Å². The van der Waals surface area contributed by atoms with E-state index in [9.17, 15) is 18.0 Å². The Morgan fingerprint density at radius 2 is 1.96 bits per heavy atom. The molecule has 0 bridgehead atoms. The second-order valence-electron chi connectivity index (χ2n) is 5.57. The van der Waals surface area contributed by atoms with Crippen LogP contribution in [0.5, 0.6) is 0 Å². The van der Waals surface area contributed by atoms with E-state index in [0.29, 0.717) is 25.9 Å². The molecule has 2 amide bonds. The Morgan fingerprint density at radius 1 is 1.26 bits per heavy atom.